The zero-order chi connectivity index (χ0) is 21.6. The fourth-order valence-electron chi connectivity index (χ4n) is 3.83. The SMILES string of the molecule is CCOC(=O)c1cccc(C2=C(c3ccccc3OCc3ccc(Br)cc3)CCC2)n1. The van der Waals surface area contributed by atoms with Gasteiger partial charge in [-0.2, -0.15) is 0 Å². The number of carbonyl (C=O) groups excluding carboxylic acids is 1. The number of pyridine rings is 1. The molecule has 4 nitrogen and oxygen atoms in total. The van der Waals surface area contributed by atoms with Crippen LogP contribution in [0.1, 0.15) is 53.5 Å². The van der Waals surface area contributed by atoms with Crippen molar-refractivity contribution in [3.63, 3.8) is 0 Å². The lowest BCUT2D eigenvalue weighted by atomic mass is 9.99. The molecule has 31 heavy (non-hydrogen) atoms. The minimum atomic E-state index is -0.386. The van der Waals surface area contributed by atoms with Gasteiger partial charge in [-0.3, -0.25) is 0 Å². The molecule has 0 atom stereocenters. The van der Waals surface area contributed by atoms with Crippen LogP contribution in [0.4, 0.5) is 0 Å². The van der Waals surface area contributed by atoms with Gasteiger partial charge >= 0.3 is 5.97 Å². The third-order valence-electron chi connectivity index (χ3n) is 5.28. The fourth-order valence-corrected chi connectivity index (χ4v) is 4.09. The van der Waals surface area contributed by atoms with Gasteiger partial charge in [-0.05, 0) is 73.2 Å². The van der Waals surface area contributed by atoms with E-state index in [1.165, 1.54) is 11.1 Å². The van der Waals surface area contributed by atoms with E-state index >= 15 is 0 Å². The maximum Gasteiger partial charge on any atom is 0.356 e. The third kappa shape index (κ3) is 5.05. The van der Waals surface area contributed by atoms with Crippen molar-refractivity contribution in [3.8, 4) is 5.75 Å². The first-order valence-electron chi connectivity index (χ1n) is 10.5. The summed E-state index contributed by atoms with van der Waals surface area (Å²) in [6.45, 7) is 2.63. The minimum Gasteiger partial charge on any atom is -0.488 e. The van der Waals surface area contributed by atoms with Crippen molar-refractivity contribution < 1.29 is 14.3 Å². The predicted molar refractivity (Wildman–Crippen MR) is 126 cm³/mol. The highest BCUT2D eigenvalue weighted by molar-refractivity contribution is 9.10. The van der Waals surface area contributed by atoms with Crippen molar-refractivity contribution in [2.24, 2.45) is 0 Å². The van der Waals surface area contributed by atoms with Crippen LogP contribution in [0, 0.1) is 0 Å². The lowest BCUT2D eigenvalue weighted by molar-refractivity contribution is 0.0519. The monoisotopic (exact) mass is 477 g/mol. The van der Waals surface area contributed by atoms with Gasteiger partial charge in [0.1, 0.15) is 18.1 Å². The summed E-state index contributed by atoms with van der Waals surface area (Å²) in [4.78, 5) is 16.7. The van der Waals surface area contributed by atoms with Crippen LogP contribution in [-0.2, 0) is 11.3 Å². The number of ether oxygens (including phenoxy) is 2. The van der Waals surface area contributed by atoms with E-state index in [4.69, 9.17) is 9.47 Å². The second-order valence-electron chi connectivity index (χ2n) is 7.35. The molecule has 3 aromatic rings. The Bertz CT molecular complexity index is 1110. The second kappa shape index (κ2) is 9.92. The van der Waals surface area contributed by atoms with Crippen molar-refractivity contribution in [1.82, 2.24) is 4.98 Å². The topological polar surface area (TPSA) is 48.4 Å². The van der Waals surface area contributed by atoms with Crippen molar-refractivity contribution in [1.29, 1.82) is 0 Å². The third-order valence-corrected chi connectivity index (χ3v) is 5.81. The Hall–Kier alpha value is -2.92. The first-order valence-corrected chi connectivity index (χ1v) is 11.3. The molecule has 4 rings (SSSR count). The van der Waals surface area contributed by atoms with E-state index in [9.17, 15) is 4.79 Å². The molecule has 0 N–H and O–H groups in total. The molecule has 0 saturated heterocycles. The molecule has 158 valence electrons. The first kappa shape index (κ1) is 21.3. The molecule has 2 aromatic carbocycles. The zero-order valence-electron chi connectivity index (χ0n) is 17.4. The number of allylic oxidation sites excluding steroid dienone is 2. The Balaban J connectivity index is 1.64. The summed E-state index contributed by atoms with van der Waals surface area (Å²) in [5.74, 6) is 0.476. The molecule has 0 unspecified atom stereocenters. The van der Waals surface area contributed by atoms with E-state index in [1.54, 1.807) is 13.0 Å². The predicted octanol–water partition coefficient (Wildman–Crippen LogP) is 6.69. The highest BCUT2D eigenvalue weighted by Gasteiger charge is 2.22. The molecule has 1 aliphatic carbocycles. The first-order chi connectivity index (χ1) is 15.2. The van der Waals surface area contributed by atoms with E-state index < -0.39 is 0 Å². The molecule has 1 heterocycles. The number of hydrogen-bond donors (Lipinski definition) is 0. The van der Waals surface area contributed by atoms with Gasteiger partial charge < -0.3 is 9.47 Å². The van der Waals surface area contributed by atoms with Crippen LogP contribution >= 0.6 is 15.9 Å². The largest absolute Gasteiger partial charge is 0.488 e. The average molecular weight is 478 g/mol. The molecule has 0 saturated carbocycles. The normalized spacial score (nSPS) is 13.4. The van der Waals surface area contributed by atoms with Gasteiger partial charge in [-0.15, -0.1) is 0 Å². The van der Waals surface area contributed by atoms with Gasteiger partial charge in [0.25, 0.3) is 0 Å². The zero-order valence-corrected chi connectivity index (χ0v) is 19.0. The number of esters is 1. The lowest BCUT2D eigenvalue weighted by Gasteiger charge is -2.14. The number of para-hydroxylation sites is 1. The van der Waals surface area contributed by atoms with Gasteiger partial charge in [-0.1, -0.05) is 52.3 Å². The molecule has 0 fully saturated rings. The maximum absolute atomic E-state index is 12.1. The summed E-state index contributed by atoms with van der Waals surface area (Å²) in [7, 11) is 0. The van der Waals surface area contributed by atoms with E-state index in [0.29, 0.717) is 18.9 Å². The average Bonchev–Trinajstić information content (AvgIpc) is 3.29. The van der Waals surface area contributed by atoms with Crippen LogP contribution in [0.2, 0.25) is 0 Å². The summed E-state index contributed by atoms with van der Waals surface area (Å²) in [5, 5.41) is 0. The van der Waals surface area contributed by atoms with Crippen molar-refractivity contribution >= 4 is 33.0 Å². The number of aromatic nitrogens is 1. The van der Waals surface area contributed by atoms with Crippen molar-refractivity contribution in [2.45, 2.75) is 32.8 Å². The molecule has 0 spiro atoms. The standard InChI is InChI=1S/C26H24BrNO3/c1-2-30-26(29)24-11-6-10-23(28-24)21-9-5-8-20(21)22-7-3-4-12-25(22)31-17-18-13-15-19(27)16-14-18/h3-4,6-7,10-16H,2,5,8-9,17H2,1H3. The van der Waals surface area contributed by atoms with Crippen LogP contribution < -0.4 is 4.74 Å². The van der Waals surface area contributed by atoms with E-state index in [-0.39, 0.29) is 5.97 Å². The highest BCUT2D eigenvalue weighted by Crippen LogP contribution is 2.42. The summed E-state index contributed by atoms with van der Waals surface area (Å²) in [6.07, 6.45) is 2.94. The molecule has 0 bridgehead atoms. The highest BCUT2D eigenvalue weighted by atomic mass is 79.9. The summed E-state index contributed by atoms with van der Waals surface area (Å²) < 4.78 is 12.4. The Labute approximate surface area is 191 Å². The lowest BCUT2D eigenvalue weighted by Crippen LogP contribution is -2.08. The molecule has 1 aliphatic rings. The van der Waals surface area contributed by atoms with Gasteiger partial charge in [0.05, 0.1) is 12.3 Å². The smallest absolute Gasteiger partial charge is 0.356 e. The Morgan fingerprint density at radius 1 is 0.968 bits per heavy atom. The molecular weight excluding hydrogens is 454 g/mol. The molecule has 0 radical (unpaired) electrons. The molecular formula is C26H24BrNO3. The number of hydrogen-bond acceptors (Lipinski definition) is 4. The number of nitrogens with zero attached hydrogens (tertiary/aromatic N) is 1. The minimum absolute atomic E-state index is 0.335. The Kier molecular flexibility index (Phi) is 6.82. The summed E-state index contributed by atoms with van der Waals surface area (Å²) in [5.41, 5.74) is 5.79. The van der Waals surface area contributed by atoms with Crippen LogP contribution in [0.3, 0.4) is 0 Å². The molecule has 0 amide bonds. The fraction of sp³-hybridized carbons (Fsp3) is 0.231. The van der Waals surface area contributed by atoms with Crippen LogP contribution in [0.5, 0.6) is 5.75 Å². The maximum atomic E-state index is 12.1. The Morgan fingerprint density at radius 2 is 1.74 bits per heavy atom. The van der Waals surface area contributed by atoms with Gasteiger partial charge in [0.2, 0.25) is 0 Å². The molecule has 5 heteroatoms. The van der Waals surface area contributed by atoms with E-state index in [2.05, 4.69) is 39.1 Å². The van der Waals surface area contributed by atoms with Gasteiger partial charge in [0.15, 0.2) is 0 Å². The van der Waals surface area contributed by atoms with Crippen molar-refractivity contribution in [3.05, 3.63) is 93.7 Å². The summed E-state index contributed by atoms with van der Waals surface area (Å²) in [6, 6.07) is 21.8. The number of carbonyl (C=O) groups is 1. The van der Waals surface area contributed by atoms with Crippen LogP contribution in [-0.4, -0.2) is 17.6 Å². The summed E-state index contributed by atoms with van der Waals surface area (Å²) >= 11 is 3.47. The quantitative estimate of drug-likeness (QED) is 0.355. The van der Waals surface area contributed by atoms with Gasteiger partial charge in [-0.25, -0.2) is 9.78 Å². The van der Waals surface area contributed by atoms with Crippen molar-refractivity contribution in [2.75, 3.05) is 6.61 Å². The molecule has 1 aromatic heterocycles. The second-order valence-corrected chi connectivity index (χ2v) is 8.27. The van der Waals surface area contributed by atoms with E-state index in [0.717, 1.165) is 46.3 Å². The van der Waals surface area contributed by atoms with Crippen LogP contribution in [0.25, 0.3) is 11.1 Å². The molecule has 0 aliphatic heterocycles. The number of rotatable bonds is 7. The van der Waals surface area contributed by atoms with E-state index in [1.807, 2.05) is 42.5 Å². The van der Waals surface area contributed by atoms with Gasteiger partial charge in [0, 0.05) is 10.0 Å². The Morgan fingerprint density at radius 3 is 2.55 bits per heavy atom. The van der Waals surface area contributed by atoms with Crippen LogP contribution in [0.15, 0.2) is 71.2 Å². The number of halogens is 1. The number of benzene rings is 2.